The average Bonchev–Trinajstić information content (AvgIpc) is 2.93. The maximum Gasteiger partial charge on any atom is 0.307 e. The largest absolute Gasteiger partial charge is 0.493 e. The van der Waals surface area contributed by atoms with Crippen molar-refractivity contribution in [2.75, 3.05) is 6.61 Å². The SMILES string of the molecule is CCOc1ccc(Br)cc1-c1[nH]c2ccc(C(C)(C)C)cc2c1CC(=O)O. The molecule has 0 aliphatic carbocycles. The summed E-state index contributed by atoms with van der Waals surface area (Å²) < 4.78 is 6.71. The minimum Gasteiger partial charge on any atom is -0.493 e. The molecule has 3 aromatic rings. The van der Waals surface area contributed by atoms with Gasteiger partial charge in [0.15, 0.2) is 0 Å². The number of rotatable bonds is 5. The van der Waals surface area contributed by atoms with E-state index in [0.717, 1.165) is 37.9 Å². The third-order valence-electron chi connectivity index (χ3n) is 4.61. The van der Waals surface area contributed by atoms with Crippen molar-refractivity contribution < 1.29 is 14.6 Å². The lowest BCUT2D eigenvalue weighted by Crippen LogP contribution is -2.10. The van der Waals surface area contributed by atoms with E-state index in [1.54, 1.807) is 0 Å². The number of fused-ring (bicyclic) bond motifs is 1. The number of hydrogen-bond acceptors (Lipinski definition) is 2. The van der Waals surface area contributed by atoms with Gasteiger partial charge in [-0.05, 0) is 53.8 Å². The van der Waals surface area contributed by atoms with Crippen molar-refractivity contribution in [1.82, 2.24) is 4.98 Å². The smallest absolute Gasteiger partial charge is 0.307 e. The second-order valence-corrected chi connectivity index (χ2v) is 8.55. The van der Waals surface area contributed by atoms with Crippen molar-refractivity contribution >= 4 is 32.8 Å². The molecule has 4 nitrogen and oxygen atoms in total. The molecule has 0 atom stereocenters. The van der Waals surface area contributed by atoms with Crippen LogP contribution >= 0.6 is 15.9 Å². The Labute approximate surface area is 167 Å². The second-order valence-electron chi connectivity index (χ2n) is 7.63. The number of carbonyl (C=O) groups is 1. The normalized spacial score (nSPS) is 11.7. The highest BCUT2D eigenvalue weighted by Crippen LogP contribution is 2.39. The summed E-state index contributed by atoms with van der Waals surface area (Å²) in [5.74, 6) is -0.124. The Kier molecular flexibility index (Phi) is 5.33. The lowest BCUT2D eigenvalue weighted by molar-refractivity contribution is -0.136. The number of nitrogens with one attached hydrogen (secondary N) is 1. The van der Waals surface area contributed by atoms with E-state index in [1.165, 1.54) is 5.56 Å². The first-order valence-corrected chi connectivity index (χ1v) is 9.79. The molecule has 0 radical (unpaired) electrons. The van der Waals surface area contributed by atoms with Gasteiger partial charge in [0.1, 0.15) is 5.75 Å². The van der Waals surface area contributed by atoms with Crippen molar-refractivity contribution in [3.63, 3.8) is 0 Å². The lowest BCUT2D eigenvalue weighted by atomic mass is 9.86. The van der Waals surface area contributed by atoms with Gasteiger partial charge in [0.2, 0.25) is 0 Å². The highest BCUT2D eigenvalue weighted by atomic mass is 79.9. The molecular weight excluding hydrogens is 406 g/mol. The van der Waals surface area contributed by atoms with E-state index in [1.807, 2.05) is 31.2 Å². The third kappa shape index (κ3) is 4.03. The predicted molar refractivity (Wildman–Crippen MR) is 113 cm³/mol. The quantitative estimate of drug-likeness (QED) is 0.528. The van der Waals surface area contributed by atoms with E-state index < -0.39 is 5.97 Å². The molecule has 1 heterocycles. The maximum absolute atomic E-state index is 11.6. The van der Waals surface area contributed by atoms with Gasteiger partial charge in [-0.1, -0.05) is 42.8 Å². The minimum atomic E-state index is -0.855. The summed E-state index contributed by atoms with van der Waals surface area (Å²) in [6, 6.07) is 12.0. The molecule has 0 spiro atoms. The molecule has 5 heteroatoms. The molecule has 2 aromatic carbocycles. The molecule has 2 N–H and O–H groups in total. The Morgan fingerprint density at radius 1 is 1.19 bits per heavy atom. The van der Waals surface area contributed by atoms with Crippen molar-refractivity contribution in [2.45, 2.75) is 39.5 Å². The van der Waals surface area contributed by atoms with Gasteiger partial charge in [-0.25, -0.2) is 0 Å². The molecule has 0 aliphatic rings. The number of carboxylic acid groups (broad SMARTS) is 1. The zero-order valence-electron chi connectivity index (χ0n) is 16.0. The molecule has 0 aliphatic heterocycles. The van der Waals surface area contributed by atoms with Gasteiger partial charge in [0.05, 0.1) is 18.7 Å². The van der Waals surface area contributed by atoms with Gasteiger partial charge >= 0.3 is 5.97 Å². The van der Waals surface area contributed by atoms with Gasteiger partial charge in [0, 0.05) is 20.9 Å². The number of halogens is 1. The zero-order chi connectivity index (χ0) is 19.8. The van der Waals surface area contributed by atoms with Crippen LogP contribution < -0.4 is 4.74 Å². The standard InChI is InChI=1S/C22H24BrNO3/c1-5-27-19-9-7-14(23)11-17(19)21-16(12-20(25)26)15-10-13(22(2,3)4)6-8-18(15)24-21/h6-11,24H,5,12H2,1-4H3,(H,25,26). The van der Waals surface area contributed by atoms with Crippen LogP contribution in [-0.4, -0.2) is 22.7 Å². The van der Waals surface area contributed by atoms with Crippen LogP contribution in [0.4, 0.5) is 0 Å². The van der Waals surface area contributed by atoms with Gasteiger partial charge < -0.3 is 14.8 Å². The summed E-state index contributed by atoms with van der Waals surface area (Å²) in [6.07, 6.45) is -0.0546. The Morgan fingerprint density at radius 3 is 2.56 bits per heavy atom. The highest BCUT2D eigenvalue weighted by Gasteiger charge is 2.21. The van der Waals surface area contributed by atoms with Crippen LogP contribution in [0.3, 0.4) is 0 Å². The molecule has 27 heavy (non-hydrogen) atoms. The number of carboxylic acids is 1. The molecule has 0 bridgehead atoms. The van der Waals surface area contributed by atoms with E-state index in [9.17, 15) is 9.90 Å². The van der Waals surface area contributed by atoms with Crippen molar-refractivity contribution in [1.29, 1.82) is 0 Å². The Hall–Kier alpha value is -2.27. The Morgan fingerprint density at radius 2 is 1.93 bits per heavy atom. The minimum absolute atomic E-state index is 0.0155. The number of aromatic nitrogens is 1. The van der Waals surface area contributed by atoms with Crippen molar-refractivity contribution in [2.24, 2.45) is 0 Å². The number of H-pyrrole nitrogens is 1. The van der Waals surface area contributed by atoms with Gasteiger partial charge in [-0.3, -0.25) is 4.79 Å². The third-order valence-corrected chi connectivity index (χ3v) is 5.10. The number of benzene rings is 2. The van der Waals surface area contributed by atoms with Crippen LogP contribution in [0, 0.1) is 0 Å². The summed E-state index contributed by atoms with van der Waals surface area (Å²) in [5.41, 5.74) is 4.52. The van der Waals surface area contributed by atoms with E-state index >= 15 is 0 Å². The molecule has 0 fully saturated rings. The number of ether oxygens (including phenoxy) is 1. The summed E-state index contributed by atoms with van der Waals surface area (Å²) in [6.45, 7) is 8.93. The van der Waals surface area contributed by atoms with E-state index in [-0.39, 0.29) is 11.8 Å². The summed E-state index contributed by atoms with van der Waals surface area (Å²) in [5, 5.41) is 10.5. The van der Waals surface area contributed by atoms with Crippen LogP contribution in [0.15, 0.2) is 40.9 Å². The van der Waals surface area contributed by atoms with Crippen LogP contribution in [0.2, 0.25) is 0 Å². The molecule has 142 valence electrons. The predicted octanol–water partition coefficient (Wildman–Crippen LogP) is 5.92. The van der Waals surface area contributed by atoms with Gasteiger partial charge in [-0.15, -0.1) is 0 Å². The second kappa shape index (κ2) is 7.39. The first kappa shape index (κ1) is 19.5. The molecule has 0 unspecified atom stereocenters. The van der Waals surface area contributed by atoms with E-state index in [4.69, 9.17) is 4.74 Å². The first-order chi connectivity index (χ1) is 12.7. The molecule has 0 saturated carbocycles. The average molecular weight is 430 g/mol. The molecule has 3 rings (SSSR count). The number of aliphatic carboxylic acids is 1. The van der Waals surface area contributed by atoms with Crippen LogP contribution in [0.1, 0.15) is 38.8 Å². The van der Waals surface area contributed by atoms with Gasteiger partial charge in [0.25, 0.3) is 0 Å². The molecule has 0 amide bonds. The number of aromatic amines is 1. The number of hydrogen-bond donors (Lipinski definition) is 2. The fraction of sp³-hybridized carbons (Fsp3) is 0.318. The Balaban J connectivity index is 2.30. The Bertz CT molecular complexity index is 999. The topological polar surface area (TPSA) is 62.3 Å². The molecule has 0 saturated heterocycles. The fourth-order valence-corrected chi connectivity index (χ4v) is 3.62. The highest BCUT2D eigenvalue weighted by molar-refractivity contribution is 9.10. The lowest BCUT2D eigenvalue weighted by Gasteiger charge is -2.19. The summed E-state index contributed by atoms with van der Waals surface area (Å²) in [7, 11) is 0. The van der Waals surface area contributed by atoms with Crippen LogP contribution in [0.25, 0.3) is 22.2 Å². The van der Waals surface area contributed by atoms with E-state index in [0.29, 0.717) is 6.61 Å². The van der Waals surface area contributed by atoms with Crippen molar-refractivity contribution in [3.8, 4) is 17.0 Å². The summed E-state index contributed by atoms with van der Waals surface area (Å²) in [4.78, 5) is 15.0. The fourth-order valence-electron chi connectivity index (χ4n) is 3.26. The maximum atomic E-state index is 11.6. The first-order valence-electron chi connectivity index (χ1n) is 9.00. The van der Waals surface area contributed by atoms with Crippen LogP contribution in [0.5, 0.6) is 5.75 Å². The molecular formula is C22H24BrNO3. The molecule has 1 aromatic heterocycles. The van der Waals surface area contributed by atoms with Crippen molar-refractivity contribution in [3.05, 3.63) is 52.0 Å². The summed E-state index contributed by atoms with van der Waals surface area (Å²) >= 11 is 3.52. The van der Waals surface area contributed by atoms with Gasteiger partial charge in [-0.2, -0.15) is 0 Å². The van der Waals surface area contributed by atoms with E-state index in [2.05, 4.69) is 53.8 Å². The monoisotopic (exact) mass is 429 g/mol. The zero-order valence-corrected chi connectivity index (χ0v) is 17.6. The van der Waals surface area contributed by atoms with Crippen LogP contribution in [-0.2, 0) is 16.6 Å².